The number of aliphatic imine (C=N–C) groups is 1. The van der Waals surface area contributed by atoms with E-state index in [0.717, 1.165) is 62.2 Å². The fourth-order valence-corrected chi connectivity index (χ4v) is 2.66. The van der Waals surface area contributed by atoms with Gasteiger partial charge >= 0.3 is 0 Å². The number of benzene rings is 1. The van der Waals surface area contributed by atoms with E-state index in [-0.39, 0.29) is 24.0 Å². The number of aromatic amines is 1. The Balaban J connectivity index is 0.00000392. The smallest absolute Gasteiger partial charge is 0.191 e. The number of imidazole rings is 1. The van der Waals surface area contributed by atoms with Crippen molar-refractivity contribution in [3.05, 3.63) is 42.4 Å². The Morgan fingerprint density at radius 3 is 2.71 bits per heavy atom. The molecule has 0 fully saturated rings. The van der Waals surface area contributed by atoms with Crippen LogP contribution in [0.1, 0.15) is 19.2 Å². The largest absolute Gasteiger partial charge is 0.385 e. The highest BCUT2D eigenvalue weighted by molar-refractivity contribution is 14.0. The van der Waals surface area contributed by atoms with Gasteiger partial charge in [0.1, 0.15) is 12.4 Å². The highest BCUT2D eigenvalue weighted by atomic mass is 127. The summed E-state index contributed by atoms with van der Waals surface area (Å²) < 4.78 is 5.09. The second kappa shape index (κ2) is 14.4. The Morgan fingerprint density at radius 1 is 1.21 bits per heavy atom. The van der Waals surface area contributed by atoms with E-state index in [1.54, 1.807) is 7.11 Å². The van der Waals surface area contributed by atoms with Crippen molar-refractivity contribution in [3.8, 4) is 11.3 Å². The molecule has 8 heteroatoms. The molecular weight excluding hydrogens is 467 g/mol. The van der Waals surface area contributed by atoms with E-state index in [9.17, 15) is 0 Å². The Hall–Kier alpha value is -1.65. The van der Waals surface area contributed by atoms with Gasteiger partial charge in [0, 0.05) is 39.9 Å². The van der Waals surface area contributed by atoms with Crippen molar-refractivity contribution in [3.63, 3.8) is 0 Å². The van der Waals surface area contributed by atoms with Crippen molar-refractivity contribution in [2.45, 2.75) is 19.9 Å². The summed E-state index contributed by atoms with van der Waals surface area (Å²) in [6.07, 6.45) is 2.90. The summed E-state index contributed by atoms with van der Waals surface area (Å²) in [6, 6.07) is 10.2. The monoisotopic (exact) mass is 500 g/mol. The molecule has 0 aliphatic heterocycles. The molecule has 1 aromatic carbocycles. The van der Waals surface area contributed by atoms with E-state index < -0.39 is 0 Å². The molecule has 0 spiro atoms. The molecule has 0 atom stereocenters. The van der Waals surface area contributed by atoms with E-state index >= 15 is 0 Å². The maximum absolute atomic E-state index is 5.09. The van der Waals surface area contributed by atoms with Crippen LogP contribution >= 0.6 is 24.0 Å². The number of nitrogens with zero attached hydrogens (tertiary/aromatic N) is 3. The minimum absolute atomic E-state index is 0. The number of likely N-dealkylation sites (N-methyl/N-ethyl adjacent to an activating group) is 1. The fourth-order valence-electron chi connectivity index (χ4n) is 2.66. The van der Waals surface area contributed by atoms with Gasteiger partial charge in [-0.3, -0.25) is 0 Å². The van der Waals surface area contributed by atoms with Gasteiger partial charge in [0.15, 0.2) is 5.96 Å². The first-order chi connectivity index (χ1) is 13.2. The van der Waals surface area contributed by atoms with Gasteiger partial charge in [0.05, 0.1) is 11.9 Å². The molecule has 0 aliphatic rings. The van der Waals surface area contributed by atoms with E-state index in [0.29, 0.717) is 6.54 Å². The Kier molecular flexibility index (Phi) is 12.5. The van der Waals surface area contributed by atoms with Crippen LogP contribution in [0.3, 0.4) is 0 Å². The average molecular weight is 500 g/mol. The minimum atomic E-state index is 0. The number of H-pyrrole nitrogens is 1. The molecule has 0 aliphatic carbocycles. The number of nitrogens with one attached hydrogen (secondary N) is 3. The van der Waals surface area contributed by atoms with Crippen molar-refractivity contribution in [1.29, 1.82) is 0 Å². The maximum atomic E-state index is 5.09. The summed E-state index contributed by atoms with van der Waals surface area (Å²) in [5.74, 6) is 1.66. The molecule has 7 nitrogen and oxygen atoms in total. The summed E-state index contributed by atoms with van der Waals surface area (Å²) in [7, 11) is 3.86. The second-order valence-electron chi connectivity index (χ2n) is 6.38. The molecule has 0 saturated carbocycles. The molecule has 0 saturated heterocycles. The lowest BCUT2D eigenvalue weighted by Gasteiger charge is -2.18. The number of ether oxygens (including phenoxy) is 1. The zero-order valence-corrected chi connectivity index (χ0v) is 19.4. The first-order valence-electron chi connectivity index (χ1n) is 9.52. The van der Waals surface area contributed by atoms with Gasteiger partial charge in [0.2, 0.25) is 0 Å². The lowest BCUT2D eigenvalue weighted by Crippen LogP contribution is -2.41. The zero-order chi connectivity index (χ0) is 19.3. The van der Waals surface area contributed by atoms with Crippen LogP contribution in [0.15, 0.2) is 41.5 Å². The summed E-state index contributed by atoms with van der Waals surface area (Å²) in [5.41, 5.74) is 2.14. The van der Waals surface area contributed by atoms with Crippen molar-refractivity contribution >= 4 is 29.9 Å². The van der Waals surface area contributed by atoms with Crippen LogP contribution in [0.5, 0.6) is 0 Å². The fraction of sp³-hybridized carbons (Fsp3) is 0.500. The van der Waals surface area contributed by atoms with Crippen molar-refractivity contribution in [2.24, 2.45) is 4.99 Å². The summed E-state index contributed by atoms with van der Waals surface area (Å²) >= 11 is 0. The lowest BCUT2D eigenvalue weighted by atomic mass is 10.2. The Morgan fingerprint density at radius 2 is 2.00 bits per heavy atom. The van der Waals surface area contributed by atoms with Crippen LogP contribution in [-0.2, 0) is 11.3 Å². The number of rotatable bonds is 11. The van der Waals surface area contributed by atoms with Crippen LogP contribution in [0.25, 0.3) is 11.3 Å². The van der Waals surface area contributed by atoms with Gasteiger partial charge in [-0.15, -0.1) is 24.0 Å². The normalized spacial score (nSPS) is 11.4. The highest BCUT2D eigenvalue weighted by Crippen LogP contribution is 2.16. The van der Waals surface area contributed by atoms with Crippen molar-refractivity contribution < 1.29 is 4.74 Å². The summed E-state index contributed by atoms with van der Waals surface area (Å²) in [6.45, 7) is 7.01. The molecule has 1 heterocycles. The van der Waals surface area contributed by atoms with Gasteiger partial charge in [-0.05, 0) is 26.0 Å². The number of methoxy groups -OCH3 is 1. The molecule has 0 amide bonds. The predicted molar refractivity (Wildman–Crippen MR) is 126 cm³/mol. The minimum Gasteiger partial charge on any atom is -0.385 e. The zero-order valence-electron chi connectivity index (χ0n) is 17.1. The summed E-state index contributed by atoms with van der Waals surface area (Å²) in [4.78, 5) is 14.7. The molecule has 0 radical (unpaired) electrons. The third-order valence-corrected chi connectivity index (χ3v) is 4.12. The van der Waals surface area contributed by atoms with Crippen LogP contribution in [0.2, 0.25) is 0 Å². The van der Waals surface area contributed by atoms with E-state index in [2.05, 4.69) is 56.6 Å². The molecule has 0 bridgehead atoms. The molecular formula is C20H33IN6O. The molecule has 2 rings (SSSR count). The molecule has 156 valence electrons. The van der Waals surface area contributed by atoms with Crippen LogP contribution < -0.4 is 10.6 Å². The second-order valence-corrected chi connectivity index (χ2v) is 6.38. The third kappa shape index (κ3) is 9.03. The lowest BCUT2D eigenvalue weighted by molar-refractivity contribution is 0.180. The number of aromatic nitrogens is 2. The van der Waals surface area contributed by atoms with Crippen LogP contribution in [0, 0.1) is 0 Å². The van der Waals surface area contributed by atoms with Gasteiger partial charge in [0.25, 0.3) is 0 Å². The SMILES string of the molecule is CCNC(=NCc1ncc(-c2ccccc2)[nH]1)NCCN(C)CCCOC.I. The topological polar surface area (TPSA) is 77.6 Å². The quantitative estimate of drug-likeness (QED) is 0.192. The van der Waals surface area contributed by atoms with Gasteiger partial charge in [-0.25, -0.2) is 9.98 Å². The first-order valence-corrected chi connectivity index (χ1v) is 9.52. The average Bonchev–Trinajstić information content (AvgIpc) is 3.16. The molecule has 28 heavy (non-hydrogen) atoms. The molecule has 2 aromatic rings. The van der Waals surface area contributed by atoms with E-state index in [1.807, 2.05) is 24.4 Å². The molecule has 3 N–H and O–H groups in total. The Bertz CT molecular complexity index is 676. The van der Waals surface area contributed by atoms with Crippen molar-refractivity contribution in [1.82, 2.24) is 25.5 Å². The first kappa shape index (κ1) is 24.4. The van der Waals surface area contributed by atoms with Crippen molar-refractivity contribution in [2.75, 3.05) is 46.9 Å². The number of hydrogen-bond acceptors (Lipinski definition) is 4. The predicted octanol–water partition coefficient (Wildman–Crippen LogP) is 2.72. The third-order valence-electron chi connectivity index (χ3n) is 4.12. The van der Waals surface area contributed by atoms with Gasteiger partial charge in [-0.1, -0.05) is 30.3 Å². The van der Waals surface area contributed by atoms with Crippen LogP contribution in [0.4, 0.5) is 0 Å². The van der Waals surface area contributed by atoms with Gasteiger partial charge in [-0.2, -0.15) is 0 Å². The van der Waals surface area contributed by atoms with Gasteiger partial charge < -0.3 is 25.3 Å². The van der Waals surface area contributed by atoms with Crippen LogP contribution in [-0.4, -0.2) is 67.8 Å². The van der Waals surface area contributed by atoms with E-state index in [1.165, 1.54) is 0 Å². The standard InChI is InChI=1S/C20H32N6O.HI/c1-4-21-20(22-11-13-26(2)12-8-14-27-3)24-16-19-23-15-18(25-19)17-9-6-5-7-10-17;/h5-7,9-10,15H,4,8,11-14,16H2,1-3H3,(H,23,25)(H2,21,22,24);1H. The molecule has 1 aromatic heterocycles. The van der Waals surface area contributed by atoms with E-state index in [4.69, 9.17) is 4.74 Å². The number of hydrogen-bond donors (Lipinski definition) is 3. The summed E-state index contributed by atoms with van der Waals surface area (Å²) in [5, 5.41) is 6.65. The maximum Gasteiger partial charge on any atom is 0.191 e. The molecule has 0 unspecified atom stereocenters. The number of halogens is 1. The number of guanidine groups is 1. The highest BCUT2D eigenvalue weighted by Gasteiger charge is 2.04. The Labute approximate surface area is 185 Å².